The highest BCUT2D eigenvalue weighted by Gasteiger charge is 2.36. The predicted octanol–water partition coefficient (Wildman–Crippen LogP) is 4.47. The average Bonchev–Trinajstić information content (AvgIpc) is 2.87. The molecule has 1 amide bonds. The van der Waals surface area contributed by atoms with Crippen LogP contribution in [0.3, 0.4) is 0 Å². The zero-order chi connectivity index (χ0) is 17.8. The molecule has 6 heteroatoms. The highest BCUT2D eigenvalue weighted by atomic mass is 79.9. The van der Waals surface area contributed by atoms with Gasteiger partial charge in [-0.05, 0) is 52.0 Å². The topological polar surface area (TPSA) is 29.5 Å². The highest BCUT2D eigenvalue weighted by Crippen LogP contribution is 2.32. The van der Waals surface area contributed by atoms with Crippen molar-refractivity contribution in [3.05, 3.63) is 64.1 Å². The molecule has 3 rings (SSSR count). The number of amides is 1. The van der Waals surface area contributed by atoms with Gasteiger partial charge in [-0.1, -0.05) is 60.4 Å². The van der Waals surface area contributed by atoms with Crippen LogP contribution in [0.15, 0.2) is 53.0 Å². The molecule has 1 fully saturated rings. The Labute approximate surface area is 165 Å². The number of halogens is 1. The van der Waals surface area contributed by atoms with Gasteiger partial charge in [-0.2, -0.15) is 0 Å². The van der Waals surface area contributed by atoms with Crippen LogP contribution in [0.1, 0.15) is 11.1 Å². The second-order valence-electron chi connectivity index (χ2n) is 5.77. The summed E-state index contributed by atoms with van der Waals surface area (Å²) in [5.74, 6) is 0.895. The lowest BCUT2D eigenvalue weighted by Gasteiger charge is -2.15. The monoisotopic (exact) mass is 435 g/mol. The highest BCUT2D eigenvalue weighted by molar-refractivity contribution is 9.10. The molecule has 0 spiro atoms. The van der Waals surface area contributed by atoms with Crippen LogP contribution in [0, 0.1) is 0 Å². The molecule has 1 heterocycles. The smallest absolute Gasteiger partial charge is 0.241 e. The molecule has 2 aromatic rings. The molecule has 2 aromatic carbocycles. The summed E-state index contributed by atoms with van der Waals surface area (Å²) >= 11 is 10.4. The number of hydrogen-bond acceptors (Lipinski definition) is 4. The molecule has 0 bridgehead atoms. The molecule has 3 nitrogen and oxygen atoms in total. The first kappa shape index (κ1) is 18.4. The van der Waals surface area contributed by atoms with E-state index in [9.17, 15) is 4.79 Å². The van der Waals surface area contributed by atoms with Crippen molar-refractivity contribution < 1.29 is 9.53 Å². The Morgan fingerprint density at radius 2 is 1.96 bits per heavy atom. The van der Waals surface area contributed by atoms with Crippen LogP contribution in [-0.4, -0.2) is 34.0 Å². The maximum absolute atomic E-state index is 12.7. The Hall–Kier alpha value is -1.37. The number of thioether (sulfide) groups is 1. The standard InChI is InChI=1S/C19H18BrNO2S2/c1-23-16-8-7-14(11-15(16)20)12-17-18(22)21(19(24)25-17)10-9-13-5-3-2-4-6-13/h2-8,11,17H,9-10,12H2,1H3/t17-/m1/s1. The third-order valence-electron chi connectivity index (χ3n) is 4.11. The number of ether oxygens (including phenoxy) is 1. The molecule has 0 saturated carbocycles. The number of nitrogens with zero attached hydrogens (tertiary/aromatic N) is 1. The number of carbonyl (C=O) groups is 1. The second kappa shape index (κ2) is 8.34. The third-order valence-corrected chi connectivity index (χ3v) is 6.31. The van der Waals surface area contributed by atoms with Gasteiger partial charge in [-0.3, -0.25) is 9.69 Å². The van der Waals surface area contributed by atoms with Crippen LogP contribution < -0.4 is 4.74 Å². The van der Waals surface area contributed by atoms with E-state index in [1.807, 2.05) is 36.4 Å². The summed E-state index contributed by atoms with van der Waals surface area (Å²) in [6, 6.07) is 16.1. The predicted molar refractivity (Wildman–Crippen MR) is 110 cm³/mol. The minimum Gasteiger partial charge on any atom is -0.496 e. The zero-order valence-corrected chi connectivity index (χ0v) is 17.0. The van der Waals surface area contributed by atoms with Crippen LogP contribution in [-0.2, 0) is 17.6 Å². The Kier molecular flexibility index (Phi) is 6.15. The summed E-state index contributed by atoms with van der Waals surface area (Å²) in [4.78, 5) is 14.5. The lowest BCUT2D eigenvalue weighted by Crippen LogP contribution is -2.33. The molecule has 1 saturated heterocycles. The number of thiocarbonyl (C=S) groups is 1. The van der Waals surface area contributed by atoms with Crippen LogP contribution in [0.2, 0.25) is 0 Å². The van der Waals surface area contributed by atoms with Crippen LogP contribution >= 0.6 is 39.9 Å². The van der Waals surface area contributed by atoms with Crippen LogP contribution in [0.25, 0.3) is 0 Å². The van der Waals surface area contributed by atoms with Crippen LogP contribution in [0.4, 0.5) is 0 Å². The molecule has 1 atom stereocenters. The quantitative estimate of drug-likeness (QED) is 0.625. The Bertz CT molecular complexity index is 782. The second-order valence-corrected chi connectivity index (χ2v) is 8.46. The molecular weight excluding hydrogens is 418 g/mol. The number of hydrogen-bond donors (Lipinski definition) is 0. The number of methoxy groups -OCH3 is 1. The van der Waals surface area contributed by atoms with E-state index in [0.29, 0.717) is 17.3 Å². The van der Waals surface area contributed by atoms with Crippen molar-refractivity contribution in [2.45, 2.75) is 18.1 Å². The fraction of sp³-hybridized carbons (Fsp3) is 0.263. The van der Waals surface area contributed by atoms with Crippen molar-refractivity contribution >= 4 is 50.1 Å². The van der Waals surface area contributed by atoms with Crippen LogP contribution in [0.5, 0.6) is 5.75 Å². The third kappa shape index (κ3) is 4.43. The fourth-order valence-electron chi connectivity index (χ4n) is 2.77. The van der Waals surface area contributed by atoms with Crippen molar-refractivity contribution in [1.29, 1.82) is 0 Å². The fourth-order valence-corrected chi connectivity index (χ4v) is 4.94. The van der Waals surface area contributed by atoms with Crippen molar-refractivity contribution in [3.8, 4) is 5.75 Å². The number of carbonyl (C=O) groups excluding carboxylic acids is 1. The van der Waals surface area contributed by atoms with Gasteiger partial charge < -0.3 is 4.74 Å². The van der Waals surface area contributed by atoms with Gasteiger partial charge in [0.25, 0.3) is 0 Å². The maximum Gasteiger partial charge on any atom is 0.241 e. The van der Waals surface area contributed by atoms with Gasteiger partial charge in [0.1, 0.15) is 10.1 Å². The van der Waals surface area contributed by atoms with Gasteiger partial charge in [0.15, 0.2) is 0 Å². The minimum atomic E-state index is -0.149. The summed E-state index contributed by atoms with van der Waals surface area (Å²) in [5.41, 5.74) is 2.30. The first-order valence-corrected chi connectivity index (χ1v) is 10.0. The van der Waals surface area contributed by atoms with E-state index in [2.05, 4.69) is 28.1 Å². The minimum absolute atomic E-state index is 0.109. The van der Waals surface area contributed by atoms with Gasteiger partial charge >= 0.3 is 0 Å². The summed E-state index contributed by atoms with van der Waals surface area (Å²) in [6.45, 7) is 0.636. The first-order valence-electron chi connectivity index (χ1n) is 7.97. The maximum atomic E-state index is 12.7. The molecule has 1 aliphatic rings. The average molecular weight is 436 g/mol. The van der Waals surface area contributed by atoms with Gasteiger partial charge in [0.2, 0.25) is 5.91 Å². The normalized spacial score (nSPS) is 17.2. The summed E-state index contributed by atoms with van der Waals surface area (Å²) in [6.07, 6.45) is 1.47. The van der Waals surface area contributed by atoms with E-state index in [4.69, 9.17) is 17.0 Å². The molecule has 0 N–H and O–H groups in total. The molecule has 0 radical (unpaired) electrons. The lowest BCUT2D eigenvalue weighted by atomic mass is 10.1. The van der Waals surface area contributed by atoms with Gasteiger partial charge in [-0.25, -0.2) is 0 Å². The zero-order valence-electron chi connectivity index (χ0n) is 13.8. The largest absolute Gasteiger partial charge is 0.496 e. The van der Waals surface area contributed by atoms with Crippen molar-refractivity contribution in [2.24, 2.45) is 0 Å². The SMILES string of the molecule is COc1ccc(C[C@H]2SC(=S)N(CCc3ccccc3)C2=O)cc1Br. The Morgan fingerprint density at radius 3 is 2.64 bits per heavy atom. The van der Waals surface area contributed by atoms with E-state index in [1.54, 1.807) is 12.0 Å². The van der Waals surface area contributed by atoms with E-state index >= 15 is 0 Å². The lowest BCUT2D eigenvalue weighted by molar-refractivity contribution is -0.126. The number of rotatable bonds is 6. The molecule has 1 aliphatic heterocycles. The van der Waals surface area contributed by atoms with Crippen molar-refractivity contribution in [3.63, 3.8) is 0 Å². The summed E-state index contributed by atoms with van der Waals surface area (Å²) in [5, 5.41) is -0.149. The summed E-state index contributed by atoms with van der Waals surface area (Å²) in [7, 11) is 1.64. The van der Waals surface area contributed by atoms with Crippen molar-refractivity contribution in [1.82, 2.24) is 4.90 Å². The van der Waals surface area contributed by atoms with E-state index < -0.39 is 0 Å². The molecule has 130 valence electrons. The number of benzene rings is 2. The van der Waals surface area contributed by atoms with Gasteiger partial charge in [0, 0.05) is 6.54 Å². The molecule has 25 heavy (non-hydrogen) atoms. The van der Waals surface area contributed by atoms with Gasteiger partial charge in [-0.15, -0.1) is 0 Å². The first-order chi connectivity index (χ1) is 12.1. The molecule has 0 aliphatic carbocycles. The molecular formula is C19H18BrNO2S2. The van der Waals surface area contributed by atoms with E-state index in [-0.39, 0.29) is 11.2 Å². The summed E-state index contributed by atoms with van der Waals surface area (Å²) < 4.78 is 6.83. The Balaban J connectivity index is 1.63. The van der Waals surface area contributed by atoms with Crippen molar-refractivity contribution in [2.75, 3.05) is 13.7 Å². The molecule has 0 aromatic heterocycles. The van der Waals surface area contributed by atoms with Gasteiger partial charge in [0.05, 0.1) is 16.8 Å². The molecule has 0 unspecified atom stereocenters. The Morgan fingerprint density at radius 1 is 1.20 bits per heavy atom. The van der Waals surface area contributed by atoms with E-state index in [1.165, 1.54) is 17.3 Å². The van der Waals surface area contributed by atoms with E-state index in [0.717, 1.165) is 22.2 Å².